The first-order valence-electron chi connectivity index (χ1n) is 9.61. The summed E-state index contributed by atoms with van der Waals surface area (Å²) < 4.78 is 30.1. The van der Waals surface area contributed by atoms with Gasteiger partial charge in [0, 0.05) is 32.6 Å². The Morgan fingerprint density at radius 1 is 1.33 bits per heavy atom. The number of halogens is 1. The lowest BCUT2D eigenvalue weighted by Gasteiger charge is -2.21. The molecular formula is C20H31IN4O3S2. The number of aliphatic imine (C=N–C) groups is 1. The minimum atomic E-state index is -3.27. The van der Waals surface area contributed by atoms with E-state index in [9.17, 15) is 8.42 Å². The Balaban J connectivity index is 0.00000450. The highest BCUT2D eigenvalue weighted by Crippen LogP contribution is 2.21. The van der Waals surface area contributed by atoms with Crippen molar-refractivity contribution in [3.8, 4) is 0 Å². The first-order valence-corrected chi connectivity index (χ1v) is 12.1. The van der Waals surface area contributed by atoms with Crippen molar-refractivity contribution in [2.75, 3.05) is 33.0 Å². The van der Waals surface area contributed by atoms with Crippen LogP contribution >= 0.6 is 35.3 Å². The summed E-state index contributed by atoms with van der Waals surface area (Å²) in [5.41, 5.74) is 0.952. The molecule has 2 rings (SSSR count). The fraction of sp³-hybridized carbons (Fsp3) is 0.500. The van der Waals surface area contributed by atoms with Gasteiger partial charge in [-0.2, -0.15) is 0 Å². The van der Waals surface area contributed by atoms with Crippen LogP contribution in [0.25, 0.3) is 0 Å². The van der Waals surface area contributed by atoms with Gasteiger partial charge in [0.2, 0.25) is 0 Å². The first-order chi connectivity index (χ1) is 13.9. The van der Waals surface area contributed by atoms with Gasteiger partial charge < -0.3 is 15.0 Å². The second-order valence-corrected chi connectivity index (χ2v) is 9.63. The first kappa shape index (κ1) is 26.8. The maximum absolute atomic E-state index is 12.4. The molecule has 0 radical (unpaired) electrons. The molecule has 0 fully saturated rings. The van der Waals surface area contributed by atoms with E-state index in [4.69, 9.17) is 4.74 Å². The minimum absolute atomic E-state index is 0. The average Bonchev–Trinajstić information content (AvgIpc) is 3.18. The Kier molecular flexibility index (Phi) is 11.8. The maximum Gasteiger partial charge on any atom is 0.194 e. The van der Waals surface area contributed by atoms with Crippen LogP contribution in [0, 0.1) is 0 Å². The molecule has 0 aliphatic carbocycles. The highest BCUT2D eigenvalue weighted by Gasteiger charge is 2.14. The summed E-state index contributed by atoms with van der Waals surface area (Å²) in [5.74, 6) is 0.813. The number of rotatable bonds is 10. The number of nitrogens with one attached hydrogen (secondary N) is 1. The zero-order valence-corrected chi connectivity index (χ0v) is 21.8. The van der Waals surface area contributed by atoms with E-state index in [-0.39, 0.29) is 35.8 Å². The van der Waals surface area contributed by atoms with Gasteiger partial charge in [0.1, 0.15) is 11.1 Å². The molecule has 1 atom stereocenters. The number of methoxy groups -OCH3 is 1. The molecule has 0 bridgehead atoms. The molecule has 2 aromatic rings. The van der Waals surface area contributed by atoms with Crippen molar-refractivity contribution >= 4 is 51.1 Å². The predicted octanol–water partition coefficient (Wildman–Crippen LogP) is 3.73. The topological polar surface area (TPSA) is 83.9 Å². The summed E-state index contributed by atoms with van der Waals surface area (Å²) in [5, 5.41) is 6.22. The quantitative estimate of drug-likeness (QED) is 0.204. The van der Waals surface area contributed by atoms with Gasteiger partial charge in [-0.3, -0.25) is 4.99 Å². The van der Waals surface area contributed by atoms with Crippen LogP contribution in [0.1, 0.15) is 37.1 Å². The molecule has 0 aliphatic rings. The molecule has 1 aromatic carbocycles. The number of nitrogens with zero attached hydrogens (tertiary/aromatic N) is 3. The summed E-state index contributed by atoms with van der Waals surface area (Å²) >= 11 is 1.58. The van der Waals surface area contributed by atoms with Crippen LogP contribution in [0.4, 0.5) is 0 Å². The van der Waals surface area contributed by atoms with Gasteiger partial charge in [0.25, 0.3) is 0 Å². The molecule has 7 nitrogen and oxygen atoms in total. The van der Waals surface area contributed by atoms with Gasteiger partial charge in [-0.05, 0) is 32.4 Å². The largest absolute Gasteiger partial charge is 0.375 e. The molecule has 0 saturated heterocycles. The normalized spacial score (nSPS) is 12.9. The summed E-state index contributed by atoms with van der Waals surface area (Å²) in [6.07, 6.45) is 0.444. The Bertz CT molecular complexity index is 888. The van der Waals surface area contributed by atoms with Crippen molar-refractivity contribution in [2.24, 2.45) is 4.99 Å². The number of benzene rings is 1. The number of aromatic nitrogens is 1. The molecule has 1 N–H and O–H groups in total. The number of thiazole rings is 1. The van der Waals surface area contributed by atoms with E-state index in [1.165, 1.54) is 0 Å². The average molecular weight is 567 g/mol. The van der Waals surface area contributed by atoms with E-state index in [1.54, 1.807) is 42.7 Å². The molecule has 0 spiro atoms. The van der Waals surface area contributed by atoms with E-state index < -0.39 is 9.84 Å². The van der Waals surface area contributed by atoms with E-state index in [0.29, 0.717) is 24.4 Å². The Morgan fingerprint density at radius 2 is 2.03 bits per heavy atom. The van der Waals surface area contributed by atoms with Gasteiger partial charge in [-0.15, -0.1) is 35.3 Å². The number of ether oxygens (including phenoxy) is 1. The lowest BCUT2D eigenvalue weighted by Crippen LogP contribution is -2.38. The predicted molar refractivity (Wildman–Crippen MR) is 134 cm³/mol. The standard InChI is InChI=1S/C20H30N4O3S2.HI/c1-5-21-20(24(3)14-17-15-28-19(23-17)16(2)27-4)22-12-9-13-29(25,26)18-10-7-6-8-11-18;/h6-8,10-11,15-16H,5,9,12-14H2,1-4H3,(H,21,22);1H. The van der Waals surface area contributed by atoms with Crippen LogP contribution in [0.3, 0.4) is 0 Å². The molecule has 30 heavy (non-hydrogen) atoms. The fourth-order valence-corrected chi connectivity index (χ4v) is 4.81. The lowest BCUT2D eigenvalue weighted by molar-refractivity contribution is 0.119. The molecule has 10 heteroatoms. The van der Waals surface area contributed by atoms with Crippen molar-refractivity contribution in [1.82, 2.24) is 15.2 Å². The van der Waals surface area contributed by atoms with Crippen LogP contribution in [-0.2, 0) is 21.1 Å². The van der Waals surface area contributed by atoms with Crippen molar-refractivity contribution in [2.45, 2.75) is 37.8 Å². The van der Waals surface area contributed by atoms with Crippen molar-refractivity contribution in [3.63, 3.8) is 0 Å². The third kappa shape index (κ3) is 8.12. The zero-order chi connectivity index (χ0) is 21.3. The van der Waals surface area contributed by atoms with Gasteiger partial charge >= 0.3 is 0 Å². The van der Waals surface area contributed by atoms with Crippen LogP contribution < -0.4 is 5.32 Å². The Morgan fingerprint density at radius 3 is 2.67 bits per heavy atom. The number of sulfone groups is 1. The highest BCUT2D eigenvalue weighted by atomic mass is 127. The molecule has 0 amide bonds. The van der Waals surface area contributed by atoms with Crippen LogP contribution in [0.15, 0.2) is 45.6 Å². The Labute approximate surface area is 200 Å². The fourth-order valence-electron chi connectivity index (χ4n) is 2.66. The number of hydrogen-bond acceptors (Lipinski definition) is 6. The minimum Gasteiger partial charge on any atom is -0.375 e. The second-order valence-electron chi connectivity index (χ2n) is 6.63. The van der Waals surface area contributed by atoms with Crippen LogP contribution in [-0.4, -0.2) is 57.3 Å². The summed E-state index contributed by atoms with van der Waals surface area (Å²) in [6, 6.07) is 8.54. The SMILES string of the molecule is CCNC(=NCCCS(=O)(=O)c1ccccc1)N(C)Cc1csc(C(C)OC)n1.I. The molecular weight excluding hydrogens is 535 g/mol. The molecule has 0 saturated carbocycles. The second kappa shape index (κ2) is 13.2. The summed E-state index contributed by atoms with van der Waals surface area (Å²) in [6.45, 7) is 5.75. The highest BCUT2D eigenvalue weighted by molar-refractivity contribution is 14.0. The van der Waals surface area contributed by atoms with Crippen molar-refractivity contribution in [1.29, 1.82) is 0 Å². The van der Waals surface area contributed by atoms with Gasteiger partial charge in [0.05, 0.1) is 22.9 Å². The third-order valence-electron chi connectivity index (χ3n) is 4.30. The third-order valence-corrected chi connectivity index (χ3v) is 7.17. The van der Waals surface area contributed by atoms with Crippen LogP contribution in [0.2, 0.25) is 0 Å². The van der Waals surface area contributed by atoms with Gasteiger partial charge in [0.15, 0.2) is 15.8 Å². The van der Waals surface area contributed by atoms with Crippen molar-refractivity contribution in [3.05, 3.63) is 46.4 Å². The van der Waals surface area contributed by atoms with Crippen LogP contribution in [0.5, 0.6) is 0 Å². The molecule has 1 aromatic heterocycles. The smallest absolute Gasteiger partial charge is 0.194 e. The van der Waals surface area contributed by atoms with E-state index in [1.807, 2.05) is 37.2 Å². The van der Waals surface area contributed by atoms with Gasteiger partial charge in [-0.1, -0.05) is 18.2 Å². The monoisotopic (exact) mass is 566 g/mol. The summed E-state index contributed by atoms with van der Waals surface area (Å²) in [4.78, 5) is 11.5. The molecule has 0 aliphatic heterocycles. The van der Waals surface area contributed by atoms with Gasteiger partial charge in [-0.25, -0.2) is 13.4 Å². The zero-order valence-electron chi connectivity index (χ0n) is 17.9. The maximum atomic E-state index is 12.4. The number of guanidine groups is 1. The van der Waals surface area contributed by atoms with E-state index in [2.05, 4.69) is 15.3 Å². The molecule has 1 unspecified atom stereocenters. The van der Waals surface area contributed by atoms with Crippen molar-refractivity contribution < 1.29 is 13.2 Å². The van der Waals surface area contributed by atoms with E-state index in [0.717, 1.165) is 23.2 Å². The number of hydrogen-bond donors (Lipinski definition) is 1. The Hall–Kier alpha value is -1.24. The molecule has 1 heterocycles. The molecule has 168 valence electrons. The summed E-state index contributed by atoms with van der Waals surface area (Å²) in [7, 11) is 0.347. The lowest BCUT2D eigenvalue weighted by atomic mass is 10.4. The van der Waals surface area contributed by atoms with E-state index >= 15 is 0 Å².